The normalized spacial score (nSPS) is 17.5. The zero-order valence-electron chi connectivity index (χ0n) is 9.88. The fourth-order valence-electron chi connectivity index (χ4n) is 1.59. The van der Waals surface area contributed by atoms with Crippen LogP contribution in [-0.4, -0.2) is 30.3 Å². The highest BCUT2D eigenvalue weighted by Gasteiger charge is 2.27. The van der Waals surface area contributed by atoms with E-state index in [9.17, 15) is 4.79 Å². The third-order valence-electron chi connectivity index (χ3n) is 2.46. The summed E-state index contributed by atoms with van der Waals surface area (Å²) < 4.78 is 5.10. The minimum absolute atomic E-state index is 0.141. The maximum Gasteiger partial charge on any atom is 0.281 e. The van der Waals surface area contributed by atoms with Gasteiger partial charge in [-0.1, -0.05) is 30.3 Å². The van der Waals surface area contributed by atoms with Gasteiger partial charge in [0.05, 0.1) is 6.61 Å². The number of carbonyl (C=O) groups is 1. The Balaban J connectivity index is 2.33. The lowest BCUT2D eigenvalue weighted by atomic mass is 10.2. The van der Waals surface area contributed by atoms with Crippen LogP contribution in [0.25, 0.3) is 0 Å². The van der Waals surface area contributed by atoms with E-state index in [2.05, 4.69) is 4.99 Å². The Hall–Kier alpha value is -2.10. The molecule has 0 atom stereocenters. The van der Waals surface area contributed by atoms with Gasteiger partial charge >= 0.3 is 0 Å². The van der Waals surface area contributed by atoms with Gasteiger partial charge in [-0.15, -0.1) is 0 Å². The van der Waals surface area contributed by atoms with E-state index < -0.39 is 0 Å². The Morgan fingerprint density at radius 1 is 1.35 bits per heavy atom. The first-order valence-electron chi connectivity index (χ1n) is 5.48. The second-order valence-corrected chi connectivity index (χ2v) is 3.62. The molecule has 0 bridgehead atoms. The predicted molar refractivity (Wildman–Crippen MR) is 65.5 cm³/mol. The summed E-state index contributed by atoms with van der Waals surface area (Å²) >= 11 is 0. The fourth-order valence-corrected chi connectivity index (χ4v) is 1.59. The number of hydrogen-bond acceptors (Lipinski definition) is 3. The van der Waals surface area contributed by atoms with Crippen molar-refractivity contribution >= 4 is 11.7 Å². The van der Waals surface area contributed by atoms with E-state index >= 15 is 0 Å². The molecule has 0 N–H and O–H groups in total. The van der Waals surface area contributed by atoms with E-state index in [1.54, 1.807) is 7.05 Å². The summed E-state index contributed by atoms with van der Waals surface area (Å²) in [6.45, 7) is 2.39. The summed E-state index contributed by atoms with van der Waals surface area (Å²) in [6.07, 6.45) is 1.41. The molecule has 1 aliphatic rings. The van der Waals surface area contributed by atoms with Gasteiger partial charge < -0.3 is 4.74 Å². The number of nitrogens with zero attached hydrogens (tertiary/aromatic N) is 2. The molecule has 1 amide bonds. The van der Waals surface area contributed by atoms with Crippen molar-refractivity contribution in [3.05, 3.63) is 47.9 Å². The SMILES string of the molecule is CCO/C=C1/N=C(c2ccccc2)N(C)C1=O. The van der Waals surface area contributed by atoms with Crippen LogP contribution in [0.4, 0.5) is 0 Å². The van der Waals surface area contributed by atoms with Crippen molar-refractivity contribution < 1.29 is 9.53 Å². The number of ether oxygens (including phenoxy) is 1. The predicted octanol–water partition coefficient (Wildman–Crippen LogP) is 1.78. The summed E-state index contributed by atoms with van der Waals surface area (Å²) in [5, 5.41) is 0. The number of likely N-dealkylation sites (N-methyl/N-ethyl adjacent to an activating group) is 1. The molecule has 0 saturated heterocycles. The van der Waals surface area contributed by atoms with Crippen molar-refractivity contribution in [3.63, 3.8) is 0 Å². The Labute approximate surface area is 100 Å². The van der Waals surface area contributed by atoms with E-state index in [1.807, 2.05) is 37.3 Å². The van der Waals surface area contributed by atoms with Crippen LogP contribution in [0.3, 0.4) is 0 Å². The zero-order valence-corrected chi connectivity index (χ0v) is 9.88. The van der Waals surface area contributed by atoms with Gasteiger partial charge in [-0.25, -0.2) is 4.99 Å². The minimum atomic E-state index is -0.141. The van der Waals surface area contributed by atoms with Gasteiger partial charge in [0.25, 0.3) is 5.91 Å². The van der Waals surface area contributed by atoms with E-state index in [0.717, 1.165) is 5.56 Å². The highest BCUT2D eigenvalue weighted by Crippen LogP contribution is 2.17. The number of hydrogen-bond donors (Lipinski definition) is 0. The number of benzene rings is 1. The van der Waals surface area contributed by atoms with Crippen LogP contribution in [0, 0.1) is 0 Å². The quantitative estimate of drug-likeness (QED) is 0.586. The van der Waals surface area contributed by atoms with Crippen molar-refractivity contribution in [2.24, 2.45) is 4.99 Å². The number of rotatable bonds is 3. The Bertz CT molecular complexity index is 477. The summed E-state index contributed by atoms with van der Waals surface area (Å²) in [6, 6.07) is 9.61. The first kappa shape index (κ1) is 11.4. The van der Waals surface area contributed by atoms with Crippen molar-refractivity contribution in [3.8, 4) is 0 Å². The van der Waals surface area contributed by atoms with Crippen molar-refractivity contribution in [1.29, 1.82) is 0 Å². The molecule has 0 saturated carbocycles. The molecule has 0 unspecified atom stereocenters. The van der Waals surface area contributed by atoms with Crippen LogP contribution in [-0.2, 0) is 9.53 Å². The molecule has 88 valence electrons. The Kier molecular flexibility index (Phi) is 3.23. The highest BCUT2D eigenvalue weighted by atomic mass is 16.5. The third kappa shape index (κ3) is 2.20. The van der Waals surface area contributed by atoms with Crippen LogP contribution in [0.5, 0.6) is 0 Å². The van der Waals surface area contributed by atoms with Crippen LogP contribution < -0.4 is 0 Å². The summed E-state index contributed by atoms with van der Waals surface area (Å²) in [5.74, 6) is 0.513. The van der Waals surface area contributed by atoms with Gasteiger partial charge in [0.1, 0.15) is 12.1 Å². The van der Waals surface area contributed by atoms with Gasteiger partial charge in [0.2, 0.25) is 0 Å². The lowest BCUT2D eigenvalue weighted by molar-refractivity contribution is -0.121. The fraction of sp³-hybridized carbons (Fsp3) is 0.231. The van der Waals surface area contributed by atoms with Crippen LogP contribution in [0.2, 0.25) is 0 Å². The van der Waals surface area contributed by atoms with Gasteiger partial charge in [0.15, 0.2) is 5.70 Å². The third-order valence-corrected chi connectivity index (χ3v) is 2.46. The maximum atomic E-state index is 11.9. The summed E-state index contributed by atoms with van der Waals surface area (Å²) in [4.78, 5) is 17.7. The topological polar surface area (TPSA) is 41.9 Å². The van der Waals surface area contributed by atoms with Crippen LogP contribution in [0.1, 0.15) is 12.5 Å². The number of amides is 1. The van der Waals surface area contributed by atoms with Crippen molar-refractivity contribution in [2.75, 3.05) is 13.7 Å². The van der Waals surface area contributed by atoms with Crippen molar-refractivity contribution in [2.45, 2.75) is 6.92 Å². The molecule has 0 fully saturated rings. The minimum Gasteiger partial charge on any atom is -0.499 e. The monoisotopic (exact) mass is 230 g/mol. The number of aliphatic imine (C=N–C) groups is 1. The number of carbonyl (C=O) groups excluding carboxylic acids is 1. The molecule has 17 heavy (non-hydrogen) atoms. The molecule has 1 aliphatic heterocycles. The molecule has 0 aromatic heterocycles. The second-order valence-electron chi connectivity index (χ2n) is 3.62. The summed E-state index contributed by atoms with van der Waals surface area (Å²) in [7, 11) is 1.71. The molecular formula is C13H14N2O2. The highest BCUT2D eigenvalue weighted by molar-refractivity contribution is 6.17. The molecular weight excluding hydrogens is 216 g/mol. The molecule has 0 spiro atoms. The first-order valence-corrected chi connectivity index (χ1v) is 5.48. The molecule has 4 nitrogen and oxygen atoms in total. The smallest absolute Gasteiger partial charge is 0.281 e. The molecule has 1 aromatic carbocycles. The van der Waals surface area contributed by atoms with Gasteiger partial charge in [-0.3, -0.25) is 9.69 Å². The van der Waals surface area contributed by atoms with Gasteiger partial charge in [-0.2, -0.15) is 0 Å². The maximum absolute atomic E-state index is 11.9. The van der Waals surface area contributed by atoms with E-state index in [0.29, 0.717) is 18.1 Å². The molecule has 2 rings (SSSR count). The standard InChI is InChI=1S/C13H14N2O2/c1-3-17-9-11-13(16)15(2)12(14-11)10-7-5-4-6-8-10/h4-9H,3H2,1-2H3/b11-9+. The second kappa shape index (κ2) is 4.82. The molecule has 0 radical (unpaired) electrons. The molecule has 1 heterocycles. The van der Waals surface area contributed by atoms with Gasteiger partial charge in [0, 0.05) is 12.6 Å². The molecule has 1 aromatic rings. The van der Waals surface area contributed by atoms with E-state index in [4.69, 9.17) is 4.74 Å². The lowest BCUT2D eigenvalue weighted by Gasteiger charge is -2.10. The average molecular weight is 230 g/mol. The number of amidine groups is 1. The van der Waals surface area contributed by atoms with E-state index in [-0.39, 0.29) is 5.91 Å². The van der Waals surface area contributed by atoms with Gasteiger partial charge in [-0.05, 0) is 6.92 Å². The van der Waals surface area contributed by atoms with Crippen molar-refractivity contribution in [1.82, 2.24) is 4.90 Å². The lowest BCUT2D eigenvalue weighted by Crippen LogP contribution is -2.28. The summed E-state index contributed by atoms with van der Waals surface area (Å²) in [5.41, 5.74) is 1.26. The van der Waals surface area contributed by atoms with E-state index in [1.165, 1.54) is 11.2 Å². The Morgan fingerprint density at radius 3 is 2.71 bits per heavy atom. The Morgan fingerprint density at radius 2 is 2.06 bits per heavy atom. The van der Waals surface area contributed by atoms with Crippen LogP contribution >= 0.6 is 0 Å². The molecule has 0 aliphatic carbocycles. The van der Waals surface area contributed by atoms with Crippen LogP contribution in [0.15, 0.2) is 47.3 Å². The zero-order chi connectivity index (χ0) is 12.3. The average Bonchev–Trinajstić information content (AvgIpc) is 2.65. The largest absolute Gasteiger partial charge is 0.499 e. The molecule has 4 heteroatoms. The first-order chi connectivity index (χ1) is 8.24.